The lowest BCUT2D eigenvalue weighted by Gasteiger charge is -2.09. The van der Waals surface area contributed by atoms with Crippen LogP contribution in [0.4, 0.5) is 5.82 Å². The Hall–Kier alpha value is -3.26. The molecule has 8 heteroatoms. The number of sulfonamides is 1. The molecule has 0 bridgehead atoms. The highest BCUT2D eigenvalue weighted by Crippen LogP contribution is 2.25. The molecule has 0 fully saturated rings. The van der Waals surface area contributed by atoms with Crippen LogP contribution in [0.15, 0.2) is 72.1 Å². The first-order valence-electron chi connectivity index (χ1n) is 8.82. The van der Waals surface area contributed by atoms with E-state index in [9.17, 15) is 8.42 Å². The second-order valence-electron chi connectivity index (χ2n) is 6.46. The molecule has 1 N–H and O–H groups in total. The molecule has 0 atom stereocenters. The average molecular weight is 393 g/mol. The molecule has 1 aromatic carbocycles. The zero-order valence-electron chi connectivity index (χ0n) is 15.3. The summed E-state index contributed by atoms with van der Waals surface area (Å²) in [6.07, 6.45) is 7.62. The normalized spacial score (nSPS) is 11.6. The highest BCUT2D eigenvalue weighted by atomic mass is 32.2. The molecule has 0 saturated carbocycles. The Bertz CT molecular complexity index is 1220. The predicted octanol–water partition coefficient (Wildman–Crippen LogP) is 3.18. The van der Waals surface area contributed by atoms with Crippen LogP contribution in [-0.2, 0) is 23.0 Å². The third kappa shape index (κ3) is 3.72. The lowest BCUT2D eigenvalue weighted by molar-refractivity contribution is 0.599. The molecule has 0 aliphatic heterocycles. The topological polar surface area (TPSA) is 89.8 Å². The molecule has 4 rings (SSSR count). The summed E-state index contributed by atoms with van der Waals surface area (Å²) in [5.41, 5.74) is 2.57. The molecule has 0 radical (unpaired) electrons. The maximum atomic E-state index is 12.9. The molecule has 7 nitrogen and oxygen atoms in total. The molecule has 4 aromatic rings. The van der Waals surface area contributed by atoms with Gasteiger partial charge in [-0.1, -0.05) is 12.1 Å². The summed E-state index contributed by atoms with van der Waals surface area (Å²) in [4.78, 5) is 8.40. The molecular formula is C20H19N5O2S. The summed E-state index contributed by atoms with van der Waals surface area (Å²) in [6.45, 7) is 2.57. The third-order valence-electron chi connectivity index (χ3n) is 4.50. The van der Waals surface area contributed by atoms with Gasteiger partial charge in [0, 0.05) is 42.8 Å². The zero-order valence-corrected chi connectivity index (χ0v) is 16.1. The van der Waals surface area contributed by atoms with Crippen molar-refractivity contribution >= 4 is 26.7 Å². The average Bonchev–Trinajstić information content (AvgIpc) is 3.14. The number of fused-ring (bicyclic) bond motifs is 1. The largest absolute Gasteiger partial charge is 0.270 e. The van der Waals surface area contributed by atoms with Crippen LogP contribution in [-0.4, -0.2) is 28.2 Å². The van der Waals surface area contributed by atoms with Crippen LogP contribution in [0.5, 0.6) is 0 Å². The lowest BCUT2D eigenvalue weighted by atomic mass is 10.1. The van der Waals surface area contributed by atoms with Gasteiger partial charge in [0.1, 0.15) is 4.90 Å². The van der Waals surface area contributed by atoms with E-state index in [1.807, 2.05) is 25.1 Å². The quantitative estimate of drug-likeness (QED) is 0.543. The molecule has 0 aliphatic carbocycles. The van der Waals surface area contributed by atoms with Crippen LogP contribution in [0.2, 0.25) is 0 Å². The van der Waals surface area contributed by atoms with Gasteiger partial charge in [-0.05, 0) is 48.7 Å². The summed E-state index contributed by atoms with van der Waals surface area (Å²) < 4.78 is 30.1. The van der Waals surface area contributed by atoms with E-state index in [0.717, 1.165) is 22.9 Å². The number of benzene rings is 1. The summed E-state index contributed by atoms with van der Waals surface area (Å²) >= 11 is 0. The van der Waals surface area contributed by atoms with Gasteiger partial charge in [0.05, 0.1) is 5.52 Å². The van der Waals surface area contributed by atoms with E-state index in [1.54, 1.807) is 53.7 Å². The molecule has 0 unspecified atom stereocenters. The smallest absolute Gasteiger partial charge is 0.265 e. The molecule has 3 heterocycles. The van der Waals surface area contributed by atoms with Gasteiger partial charge in [-0.25, -0.2) is 8.42 Å². The van der Waals surface area contributed by atoms with E-state index in [0.29, 0.717) is 12.1 Å². The van der Waals surface area contributed by atoms with E-state index in [-0.39, 0.29) is 10.7 Å². The van der Waals surface area contributed by atoms with E-state index in [4.69, 9.17) is 0 Å². The van der Waals surface area contributed by atoms with E-state index < -0.39 is 10.0 Å². The van der Waals surface area contributed by atoms with E-state index in [1.165, 1.54) is 0 Å². The van der Waals surface area contributed by atoms with Crippen molar-refractivity contribution in [2.75, 3.05) is 4.72 Å². The number of nitrogens with zero attached hydrogens (tertiary/aromatic N) is 4. The first kappa shape index (κ1) is 18.1. The number of rotatable bonds is 6. The van der Waals surface area contributed by atoms with Crippen molar-refractivity contribution in [3.63, 3.8) is 0 Å². The fourth-order valence-corrected chi connectivity index (χ4v) is 4.19. The SMILES string of the molecule is Cc1ccc(S(=O)(=O)Nc2ccn(CCc3ccncc3)n2)c2ncccc12. The van der Waals surface area contributed by atoms with Crippen molar-refractivity contribution in [1.29, 1.82) is 0 Å². The van der Waals surface area contributed by atoms with Crippen LogP contribution < -0.4 is 4.72 Å². The van der Waals surface area contributed by atoms with Crippen LogP contribution in [0.3, 0.4) is 0 Å². The lowest BCUT2D eigenvalue weighted by Crippen LogP contribution is -2.15. The number of aryl methyl sites for hydroxylation is 3. The monoisotopic (exact) mass is 393 g/mol. The minimum absolute atomic E-state index is 0.139. The van der Waals surface area contributed by atoms with Gasteiger partial charge in [0.15, 0.2) is 5.82 Å². The van der Waals surface area contributed by atoms with Crippen LogP contribution >= 0.6 is 0 Å². The second-order valence-corrected chi connectivity index (χ2v) is 8.11. The van der Waals surface area contributed by atoms with Gasteiger partial charge in [0.25, 0.3) is 10.0 Å². The van der Waals surface area contributed by atoms with Crippen molar-refractivity contribution in [2.24, 2.45) is 0 Å². The van der Waals surface area contributed by atoms with Gasteiger partial charge in [0.2, 0.25) is 0 Å². The molecule has 3 aromatic heterocycles. The molecule has 0 saturated heterocycles. The highest BCUT2D eigenvalue weighted by molar-refractivity contribution is 7.93. The maximum Gasteiger partial charge on any atom is 0.265 e. The van der Waals surface area contributed by atoms with E-state index >= 15 is 0 Å². The predicted molar refractivity (Wildman–Crippen MR) is 107 cm³/mol. The van der Waals surface area contributed by atoms with Crippen molar-refractivity contribution in [1.82, 2.24) is 19.7 Å². The zero-order chi connectivity index (χ0) is 19.6. The number of aromatic nitrogens is 4. The minimum Gasteiger partial charge on any atom is -0.270 e. The number of pyridine rings is 2. The maximum absolute atomic E-state index is 12.9. The number of hydrogen-bond acceptors (Lipinski definition) is 5. The Balaban J connectivity index is 1.55. The highest BCUT2D eigenvalue weighted by Gasteiger charge is 2.20. The van der Waals surface area contributed by atoms with Crippen molar-refractivity contribution < 1.29 is 8.42 Å². The van der Waals surface area contributed by atoms with Gasteiger partial charge >= 0.3 is 0 Å². The third-order valence-corrected chi connectivity index (χ3v) is 5.89. The number of nitrogens with one attached hydrogen (secondary N) is 1. The second kappa shape index (κ2) is 7.40. The summed E-state index contributed by atoms with van der Waals surface area (Å²) in [7, 11) is -3.81. The van der Waals surface area contributed by atoms with Gasteiger partial charge in [-0.2, -0.15) is 5.10 Å². The Kier molecular flexibility index (Phi) is 4.79. The first-order chi connectivity index (χ1) is 13.5. The fourth-order valence-electron chi connectivity index (χ4n) is 3.03. The standard InChI is InChI=1S/C20H19N5O2S/c1-15-4-5-18(20-17(15)3-2-10-22-20)28(26,27)24-19-9-14-25(23-19)13-8-16-6-11-21-12-7-16/h2-7,9-12,14H,8,13H2,1H3,(H,23,24). The molecule has 0 aliphatic rings. The van der Waals surface area contributed by atoms with Crippen LogP contribution in [0.1, 0.15) is 11.1 Å². The van der Waals surface area contributed by atoms with E-state index in [2.05, 4.69) is 19.8 Å². The van der Waals surface area contributed by atoms with Crippen molar-refractivity contribution in [3.8, 4) is 0 Å². The van der Waals surface area contributed by atoms with Crippen LogP contribution in [0.25, 0.3) is 10.9 Å². The molecule has 28 heavy (non-hydrogen) atoms. The minimum atomic E-state index is -3.81. The van der Waals surface area contributed by atoms with Gasteiger partial charge in [-0.15, -0.1) is 0 Å². The molecule has 0 spiro atoms. The fraction of sp³-hybridized carbons (Fsp3) is 0.150. The Labute approximate surface area is 163 Å². The number of anilines is 1. The van der Waals surface area contributed by atoms with Crippen molar-refractivity contribution in [2.45, 2.75) is 24.8 Å². The van der Waals surface area contributed by atoms with Gasteiger partial charge in [-0.3, -0.25) is 19.4 Å². The summed E-state index contributed by atoms with van der Waals surface area (Å²) in [5, 5.41) is 5.14. The molecule has 142 valence electrons. The Morgan fingerprint density at radius 3 is 2.68 bits per heavy atom. The molecular weight excluding hydrogens is 374 g/mol. The summed E-state index contributed by atoms with van der Waals surface area (Å²) in [5.74, 6) is 0.277. The first-order valence-corrected chi connectivity index (χ1v) is 10.3. The Morgan fingerprint density at radius 1 is 1.04 bits per heavy atom. The van der Waals surface area contributed by atoms with Crippen molar-refractivity contribution in [3.05, 3.63) is 78.4 Å². The number of hydrogen-bond donors (Lipinski definition) is 1. The Morgan fingerprint density at radius 2 is 1.86 bits per heavy atom. The van der Waals surface area contributed by atoms with Gasteiger partial charge < -0.3 is 0 Å². The van der Waals surface area contributed by atoms with Crippen LogP contribution in [0, 0.1) is 6.92 Å². The summed E-state index contributed by atoms with van der Waals surface area (Å²) in [6, 6.07) is 12.6. The molecule has 0 amide bonds.